The summed E-state index contributed by atoms with van der Waals surface area (Å²) >= 11 is 0. The van der Waals surface area contributed by atoms with Crippen molar-refractivity contribution in [1.29, 1.82) is 0 Å². The average molecular weight is 374 g/mol. The van der Waals surface area contributed by atoms with Crippen LogP contribution in [0.25, 0.3) is 0 Å². The van der Waals surface area contributed by atoms with Crippen LogP contribution in [0.2, 0.25) is 0 Å². The molecular weight excluding hydrogens is 360 g/mol. The van der Waals surface area contributed by atoms with E-state index in [1.165, 1.54) is 6.92 Å². The fourth-order valence-electron chi connectivity index (χ4n) is 0.805. The van der Waals surface area contributed by atoms with Gasteiger partial charge in [0.2, 0.25) is 0 Å². The minimum absolute atomic E-state index is 0. The van der Waals surface area contributed by atoms with Crippen LogP contribution in [0.5, 0.6) is 0 Å². The predicted octanol–water partition coefficient (Wildman–Crippen LogP) is 1.58. The molecule has 0 rings (SSSR count). The zero-order valence-corrected chi connectivity index (χ0v) is 11.4. The standard InChI is InChI=1S/C8H14O2.Th/c1-6(2)4-8(10)5-7(3)9;/h6H,4-5H2,1-3H3;. The summed E-state index contributed by atoms with van der Waals surface area (Å²) in [6, 6.07) is 0. The third kappa shape index (κ3) is 10.7. The molecule has 0 aliphatic carbocycles. The molecule has 0 radical (unpaired) electrons. The molecule has 62 valence electrons. The smallest absolute Gasteiger partial charge is 0.140 e. The van der Waals surface area contributed by atoms with Crippen molar-refractivity contribution in [3.63, 3.8) is 0 Å². The van der Waals surface area contributed by atoms with Crippen LogP contribution in [-0.4, -0.2) is 11.6 Å². The molecule has 0 heterocycles. The number of rotatable bonds is 4. The Bertz CT molecular complexity index is 141. The Kier molecular flexibility index (Phi) is 9.45. The van der Waals surface area contributed by atoms with Crippen LogP contribution in [0.15, 0.2) is 0 Å². The molecule has 0 saturated carbocycles. The number of Topliss-reactive ketones (excluding diaryl/α,β-unsaturated/α-hetero) is 2. The molecule has 0 bridgehead atoms. The van der Waals surface area contributed by atoms with Crippen LogP contribution in [0, 0.1) is 45.9 Å². The van der Waals surface area contributed by atoms with Gasteiger partial charge in [-0.1, -0.05) is 13.8 Å². The van der Waals surface area contributed by atoms with E-state index in [1.807, 2.05) is 13.8 Å². The van der Waals surface area contributed by atoms with Gasteiger partial charge in [0.05, 0.1) is 6.42 Å². The first-order valence-electron chi connectivity index (χ1n) is 3.53. The summed E-state index contributed by atoms with van der Waals surface area (Å²) in [7, 11) is 0. The molecule has 0 unspecified atom stereocenters. The van der Waals surface area contributed by atoms with E-state index >= 15 is 0 Å². The van der Waals surface area contributed by atoms with Crippen molar-refractivity contribution in [3.8, 4) is 0 Å². The SMILES string of the molecule is CC(=O)CC(=O)CC(C)C.[Th]. The molecule has 0 fully saturated rings. The second-order valence-electron chi connectivity index (χ2n) is 3.02. The number of carbonyl (C=O) groups is 2. The Morgan fingerprint density at radius 2 is 1.73 bits per heavy atom. The molecule has 0 aromatic carbocycles. The zero-order chi connectivity index (χ0) is 8.15. The van der Waals surface area contributed by atoms with E-state index in [0.717, 1.165) is 0 Å². The first-order valence-corrected chi connectivity index (χ1v) is 3.53. The third-order valence-electron chi connectivity index (χ3n) is 1.08. The number of ketones is 2. The van der Waals surface area contributed by atoms with Crippen LogP contribution in [0.4, 0.5) is 0 Å². The van der Waals surface area contributed by atoms with Gasteiger partial charge in [0.25, 0.3) is 0 Å². The third-order valence-corrected chi connectivity index (χ3v) is 1.08. The van der Waals surface area contributed by atoms with Crippen LogP contribution < -0.4 is 0 Å². The minimum atomic E-state index is -0.0364. The van der Waals surface area contributed by atoms with Crippen molar-refractivity contribution in [2.45, 2.75) is 33.6 Å². The molecule has 3 heteroatoms. The van der Waals surface area contributed by atoms with Gasteiger partial charge < -0.3 is 0 Å². The fourth-order valence-corrected chi connectivity index (χ4v) is 0.805. The molecule has 0 aliphatic rings. The second kappa shape index (κ2) is 7.32. The maximum Gasteiger partial charge on any atom is 0.140 e. The zero-order valence-electron chi connectivity index (χ0n) is 7.31. The van der Waals surface area contributed by atoms with Gasteiger partial charge >= 0.3 is 0 Å². The summed E-state index contributed by atoms with van der Waals surface area (Å²) in [4.78, 5) is 21.3. The van der Waals surface area contributed by atoms with Gasteiger partial charge in [0.15, 0.2) is 0 Å². The molecule has 0 spiro atoms. The van der Waals surface area contributed by atoms with Gasteiger partial charge in [0, 0.05) is 46.4 Å². The molecule has 0 aromatic heterocycles. The number of carbonyl (C=O) groups excluding carboxylic acids is 2. The second-order valence-corrected chi connectivity index (χ2v) is 3.02. The van der Waals surface area contributed by atoms with Crippen molar-refractivity contribution < 1.29 is 49.5 Å². The summed E-state index contributed by atoms with van der Waals surface area (Å²) in [6.45, 7) is 5.38. The molecule has 0 aliphatic heterocycles. The fraction of sp³-hybridized carbons (Fsp3) is 0.750. The number of hydrogen-bond acceptors (Lipinski definition) is 2. The van der Waals surface area contributed by atoms with Gasteiger partial charge in [0.1, 0.15) is 11.6 Å². The van der Waals surface area contributed by atoms with Gasteiger partial charge in [-0.15, -0.1) is 0 Å². The van der Waals surface area contributed by atoms with E-state index in [4.69, 9.17) is 0 Å². The summed E-state index contributed by atoms with van der Waals surface area (Å²) in [5.41, 5.74) is 0. The minimum Gasteiger partial charge on any atom is -0.300 e. The molecule has 0 amide bonds. The van der Waals surface area contributed by atoms with E-state index in [0.29, 0.717) is 12.3 Å². The normalized spacial score (nSPS) is 9.09. The topological polar surface area (TPSA) is 34.1 Å². The molecule has 0 atom stereocenters. The summed E-state index contributed by atoms with van der Waals surface area (Å²) < 4.78 is 0. The van der Waals surface area contributed by atoms with Gasteiger partial charge in [-0.3, -0.25) is 9.59 Å². The van der Waals surface area contributed by atoms with E-state index in [9.17, 15) is 9.59 Å². The summed E-state index contributed by atoms with van der Waals surface area (Å²) in [5.74, 6) is 0.389. The molecule has 0 N–H and O–H groups in total. The van der Waals surface area contributed by atoms with Gasteiger partial charge in [-0.25, -0.2) is 0 Å². The van der Waals surface area contributed by atoms with E-state index in [2.05, 4.69) is 0 Å². The maximum atomic E-state index is 10.8. The van der Waals surface area contributed by atoms with Crippen LogP contribution in [-0.2, 0) is 9.59 Å². The van der Waals surface area contributed by atoms with Crippen molar-refractivity contribution in [1.82, 2.24) is 0 Å². The molecular formula is C8H14O2Th. The van der Waals surface area contributed by atoms with Gasteiger partial charge in [-0.05, 0) is 12.8 Å². The monoisotopic (exact) mass is 374 g/mol. The molecule has 0 saturated heterocycles. The largest absolute Gasteiger partial charge is 0.300 e. The first-order chi connectivity index (χ1) is 4.52. The molecule has 0 aromatic rings. The number of hydrogen-bond donors (Lipinski definition) is 0. The van der Waals surface area contributed by atoms with Crippen molar-refractivity contribution in [2.24, 2.45) is 5.92 Å². The van der Waals surface area contributed by atoms with Gasteiger partial charge in [-0.2, -0.15) is 0 Å². The molecule has 11 heavy (non-hydrogen) atoms. The Morgan fingerprint density at radius 3 is 2.00 bits per heavy atom. The average Bonchev–Trinajstić information content (AvgIpc) is 1.58. The summed E-state index contributed by atoms with van der Waals surface area (Å²) in [6.07, 6.45) is 0.637. The quantitative estimate of drug-likeness (QED) is 0.701. The van der Waals surface area contributed by atoms with Crippen LogP contribution in [0.3, 0.4) is 0 Å². The van der Waals surface area contributed by atoms with Crippen molar-refractivity contribution in [2.75, 3.05) is 0 Å². The van der Waals surface area contributed by atoms with Crippen LogP contribution >= 0.6 is 0 Å². The molecule has 2 nitrogen and oxygen atoms in total. The Balaban J connectivity index is 0. The van der Waals surface area contributed by atoms with Crippen LogP contribution in [0.1, 0.15) is 33.6 Å². The summed E-state index contributed by atoms with van der Waals surface area (Å²) in [5, 5.41) is 0. The Morgan fingerprint density at radius 1 is 1.27 bits per heavy atom. The Hall–Kier alpha value is 0.665. The Labute approximate surface area is 99.8 Å². The maximum absolute atomic E-state index is 10.8. The van der Waals surface area contributed by atoms with Crippen molar-refractivity contribution >= 4 is 11.6 Å². The first kappa shape index (κ1) is 14.2. The predicted molar refractivity (Wildman–Crippen MR) is 39.8 cm³/mol. The van der Waals surface area contributed by atoms with E-state index < -0.39 is 0 Å². The van der Waals surface area contributed by atoms with E-state index in [-0.39, 0.29) is 57.9 Å². The van der Waals surface area contributed by atoms with Crippen molar-refractivity contribution in [3.05, 3.63) is 0 Å². The van der Waals surface area contributed by atoms with E-state index in [1.54, 1.807) is 0 Å².